The lowest BCUT2D eigenvalue weighted by Crippen LogP contribution is -2.40. The van der Waals surface area contributed by atoms with Crippen LogP contribution in [0.5, 0.6) is 0 Å². The first-order valence-electron chi connectivity index (χ1n) is 5.27. The van der Waals surface area contributed by atoms with Gasteiger partial charge in [0, 0.05) is 39.0 Å². The van der Waals surface area contributed by atoms with E-state index in [0.717, 1.165) is 18.2 Å². The minimum absolute atomic E-state index is 0.486. The fraction of sp³-hybridized carbons (Fsp3) is 0.700. The van der Waals surface area contributed by atoms with Gasteiger partial charge in [-0.3, -0.25) is 4.90 Å². The topological polar surface area (TPSA) is 66.1 Å². The van der Waals surface area contributed by atoms with E-state index in [1.165, 1.54) is 0 Å². The van der Waals surface area contributed by atoms with Crippen molar-refractivity contribution in [3.63, 3.8) is 0 Å². The second-order valence-electron chi connectivity index (χ2n) is 3.57. The second kappa shape index (κ2) is 7.00. The lowest BCUT2D eigenvalue weighted by Gasteiger charge is -2.26. The molecule has 1 N–H and O–H groups in total. The Morgan fingerprint density at radius 1 is 1.31 bits per heavy atom. The van der Waals surface area contributed by atoms with Gasteiger partial charge < -0.3 is 10.2 Å². The van der Waals surface area contributed by atoms with Gasteiger partial charge in [0.2, 0.25) is 0 Å². The zero-order valence-electron chi connectivity index (χ0n) is 9.15. The van der Waals surface area contributed by atoms with Gasteiger partial charge in [-0.25, -0.2) is 0 Å². The summed E-state index contributed by atoms with van der Waals surface area (Å²) in [6.45, 7) is 3.86. The molecule has 0 saturated carbocycles. The average molecular weight is 237 g/mol. The van der Waals surface area contributed by atoms with E-state index >= 15 is 0 Å². The number of hydrogen-bond donors (Lipinski definition) is 1. The van der Waals surface area contributed by atoms with Crippen molar-refractivity contribution in [2.45, 2.75) is 12.8 Å². The van der Waals surface area contributed by atoms with Crippen LogP contribution in [0.25, 0.3) is 0 Å². The van der Waals surface area contributed by atoms with E-state index in [9.17, 15) is 0 Å². The Balaban J connectivity index is 2.39. The third-order valence-corrected chi connectivity index (χ3v) is 2.80. The molecular weight excluding hydrogens is 222 g/mol. The van der Waals surface area contributed by atoms with Gasteiger partial charge >= 0.3 is 0 Å². The van der Waals surface area contributed by atoms with Crippen LogP contribution in [0.3, 0.4) is 0 Å². The maximum Gasteiger partial charge on any atom is 0.170 e. The van der Waals surface area contributed by atoms with Crippen molar-refractivity contribution >= 4 is 17.3 Å². The fourth-order valence-electron chi connectivity index (χ4n) is 1.56. The van der Waals surface area contributed by atoms with Crippen LogP contribution < -0.4 is 5.32 Å². The predicted octanol–water partition coefficient (Wildman–Crippen LogP) is 0.263. The first-order valence-corrected chi connectivity index (χ1v) is 5.67. The third-order valence-electron chi connectivity index (χ3n) is 2.40. The third kappa shape index (κ3) is 4.01. The summed E-state index contributed by atoms with van der Waals surface area (Å²) in [5.74, 6) is 0. The van der Waals surface area contributed by atoms with E-state index in [-0.39, 0.29) is 0 Å². The van der Waals surface area contributed by atoms with Crippen LogP contribution in [0.2, 0.25) is 0 Å². The molecule has 6 heteroatoms. The molecule has 0 bridgehead atoms. The molecule has 1 heterocycles. The minimum Gasteiger partial charge on any atom is -0.361 e. The molecule has 1 fully saturated rings. The number of rotatable bonds is 6. The molecule has 86 valence electrons. The van der Waals surface area contributed by atoms with Gasteiger partial charge in [-0.2, -0.15) is 10.5 Å². The summed E-state index contributed by atoms with van der Waals surface area (Å²) in [4.78, 5) is 4.15. The van der Waals surface area contributed by atoms with Crippen molar-refractivity contribution in [1.29, 1.82) is 10.5 Å². The van der Waals surface area contributed by atoms with Crippen molar-refractivity contribution < 1.29 is 0 Å². The summed E-state index contributed by atoms with van der Waals surface area (Å²) in [5.41, 5.74) is 0. The van der Waals surface area contributed by atoms with Crippen LogP contribution in [0.15, 0.2) is 0 Å². The SMILES string of the molecule is N#CCCN(CCC#N)CN1CCNC1=S. The summed E-state index contributed by atoms with van der Waals surface area (Å²) in [6, 6.07) is 4.24. The van der Waals surface area contributed by atoms with E-state index in [1.807, 2.05) is 0 Å². The number of thiocarbonyl (C=S) groups is 1. The Morgan fingerprint density at radius 2 is 1.94 bits per heavy atom. The summed E-state index contributed by atoms with van der Waals surface area (Å²) in [5, 5.41) is 21.0. The normalized spacial score (nSPS) is 14.7. The molecule has 0 radical (unpaired) electrons. The molecule has 1 saturated heterocycles. The van der Waals surface area contributed by atoms with Crippen molar-refractivity contribution in [3.05, 3.63) is 0 Å². The van der Waals surface area contributed by atoms with E-state index in [4.69, 9.17) is 22.7 Å². The van der Waals surface area contributed by atoms with Gasteiger partial charge in [-0.1, -0.05) is 0 Å². The molecule has 0 spiro atoms. The maximum absolute atomic E-state index is 8.56. The van der Waals surface area contributed by atoms with E-state index in [0.29, 0.717) is 32.6 Å². The monoisotopic (exact) mass is 237 g/mol. The minimum atomic E-state index is 0.486. The molecule has 0 aliphatic carbocycles. The molecule has 0 aromatic heterocycles. The van der Waals surface area contributed by atoms with Crippen molar-refractivity contribution in [2.24, 2.45) is 0 Å². The zero-order chi connectivity index (χ0) is 11.8. The molecule has 0 amide bonds. The Hall–Kier alpha value is -1.37. The quantitative estimate of drug-likeness (QED) is 0.669. The number of hydrogen-bond acceptors (Lipinski definition) is 4. The number of nitrogens with zero attached hydrogens (tertiary/aromatic N) is 4. The van der Waals surface area contributed by atoms with Crippen LogP contribution in [0, 0.1) is 22.7 Å². The summed E-state index contributed by atoms with van der Waals surface area (Å²) in [6.07, 6.45) is 0.971. The van der Waals surface area contributed by atoms with Crippen molar-refractivity contribution in [2.75, 3.05) is 32.8 Å². The molecule has 0 aromatic carbocycles. The summed E-state index contributed by atoms with van der Waals surface area (Å²) >= 11 is 5.14. The molecular formula is C10H15N5S. The summed E-state index contributed by atoms with van der Waals surface area (Å²) < 4.78 is 0. The Morgan fingerprint density at radius 3 is 2.38 bits per heavy atom. The molecule has 5 nitrogen and oxygen atoms in total. The molecule has 0 aromatic rings. The van der Waals surface area contributed by atoms with E-state index in [2.05, 4.69) is 27.3 Å². The van der Waals surface area contributed by atoms with Crippen LogP contribution in [0.1, 0.15) is 12.8 Å². The fourth-order valence-corrected chi connectivity index (χ4v) is 1.81. The maximum atomic E-state index is 8.56. The van der Waals surface area contributed by atoms with E-state index in [1.54, 1.807) is 0 Å². The van der Waals surface area contributed by atoms with E-state index < -0.39 is 0 Å². The van der Waals surface area contributed by atoms with Gasteiger partial charge in [-0.05, 0) is 12.2 Å². The van der Waals surface area contributed by atoms with Crippen molar-refractivity contribution in [1.82, 2.24) is 15.1 Å². The van der Waals surface area contributed by atoms with Crippen LogP contribution in [-0.2, 0) is 0 Å². The summed E-state index contributed by atoms with van der Waals surface area (Å²) in [7, 11) is 0. The van der Waals surface area contributed by atoms with Gasteiger partial charge in [0.25, 0.3) is 0 Å². The van der Waals surface area contributed by atoms with Crippen LogP contribution in [0.4, 0.5) is 0 Å². The highest BCUT2D eigenvalue weighted by molar-refractivity contribution is 7.80. The molecule has 1 rings (SSSR count). The largest absolute Gasteiger partial charge is 0.361 e. The zero-order valence-corrected chi connectivity index (χ0v) is 9.96. The van der Waals surface area contributed by atoms with Gasteiger partial charge in [-0.15, -0.1) is 0 Å². The Kier molecular flexibility index (Phi) is 5.55. The smallest absolute Gasteiger partial charge is 0.170 e. The first kappa shape index (κ1) is 12.7. The van der Waals surface area contributed by atoms with Gasteiger partial charge in [0.15, 0.2) is 5.11 Å². The second-order valence-corrected chi connectivity index (χ2v) is 3.96. The number of nitriles is 2. The van der Waals surface area contributed by atoms with Gasteiger partial charge in [0.05, 0.1) is 18.8 Å². The Labute approximate surface area is 101 Å². The highest BCUT2D eigenvalue weighted by atomic mass is 32.1. The number of nitrogens with one attached hydrogen (secondary N) is 1. The molecule has 0 unspecified atom stereocenters. The highest BCUT2D eigenvalue weighted by Crippen LogP contribution is 2.02. The molecule has 1 aliphatic rings. The van der Waals surface area contributed by atoms with Gasteiger partial charge in [0.1, 0.15) is 0 Å². The molecule has 16 heavy (non-hydrogen) atoms. The van der Waals surface area contributed by atoms with Crippen LogP contribution >= 0.6 is 12.2 Å². The average Bonchev–Trinajstić information content (AvgIpc) is 2.68. The molecule has 0 atom stereocenters. The lowest BCUT2D eigenvalue weighted by molar-refractivity contribution is 0.204. The molecule has 1 aliphatic heterocycles. The first-order chi connectivity index (χ1) is 7.77. The van der Waals surface area contributed by atoms with Crippen LogP contribution in [-0.4, -0.2) is 47.8 Å². The lowest BCUT2D eigenvalue weighted by atomic mass is 10.3. The Bertz CT molecular complexity index is 298. The predicted molar refractivity (Wildman–Crippen MR) is 64.2 cm³/mol. The highest BCUT2D eigenvalue weighted by Gasteiger charge is 2.18. The van der Waals surface area contributed by atoms with Crippen molar-refractivity contribution in [3.8, 4) is 12.1 Å². The standard InChI is InChI=1S/C10H15N5S/c11-3-1-6-14(7-2-4-12)9-15-8-5-13-10(15)16/h1-2,5-9H2,(H,13,16).